The molecule has 0 radical (unpaired) electrons. The molecule has 1 aromatic carbocycles. The smallest absolute Gasteiger partial charge is 0.326 e. The number of carbonyl (C=O) groups excluding carboxylic acids is 3. The Morgan fingerprint density at radius 3 is 2.05 bits per heavy atom. The molecular formula is C29H48N10O5. The van der Waals surface area contributed by atoms with Gasteiger partial charge in [-0.1, -0.05) is 24.6 Å². The lowest BCUT2D eigenvalue weighted by molar-refractivity contribution is -0.142. The summed E-state index contributed by atoms with van der Waals surface area (Å²) in [7, 11) is 0. The SMILES string of the molecule is NCCCCC(N)C(=O)NC(Cc1c[nH]c2ccccc12)C(=O)NC(CCCN=C(N)N)C(=O)NC(CCCCN)C(=O)O. The van der Waals surface area contributed by atoms with Crippen LogP contribution in [0.25, 0.3) is 10.9 Å². The van der Waals surface area contributed by atoms with Gasteiger partial charge in [-0.3, -0.25) is 19.4 Å². The first-order valence-corrected chi connectivity index (χ1v) is 15.0. The normalized spacial score (nSPS) is 13.8. The maximum absolute atomic E-state index is 13.7. The molecule has 2 rings (SSSR count). The van der Waals surface area contributed by atoms with Crippen molar-refractivity contribution in [3.05, 3.63) is 36.0 Å². The van der Waals surface area contributed by atoms with Gasteiger partial charge in [0.25, 0.3) is 0 Å². The van der Waals surface area contributed by atoms with Crippen LogP contribution < -0.4 is 44.6 Å². The van der Waals surface area contributed by atoms with Crippen LogP contribution in [0.4, 0.5) is 0 Å². The average molecular weight is 617 g/mol. The van der Waals surface area contributed by atoms with Crippen molar-refractivity contribution in [1.82, 2.24) is 20.9 Å². The third-order valence-corrected chi connectivity index (χ3v) is 7.18. The fourth-order valence-electron chi connectivity index (χ4n) is 4.72. The van der Waals surface area contributed by atoms with E-state index in [1.165, 1.54) is 0 Å². The Bertz CT molecular complexity index is 1250. The van der Waals surface area contributed by atoms with Gasteiger partial charge in [-0.05, 0) is 69.7 Å². The monoisotopic (exact) mass is 616 g/mol. The molecule has 0 saturated carbocycles. The van der Waals surface area contributed by atoms with Crippen molar-refractivity contribution in [3.63, 3.8) is 0 Å². The van der Waals surface area contributed by atoms with Gasteiger partial charge in [0.1, 0.15) is 18.1 Å². The Kier molecular flexibility index (Phi) is 15.7. The van der Waals surface area contributed by atoms with Gasteiger partial charge in [0.2, 0.25) is 17.7 Å². The molecule has 244 valence electrons. The second-order valence-corrected chi connectivity index (χ2v) is 10.7. The molecule has 0 aliphatic heterocycles. The van der Waals surface area contributed by atoms with Gasteiger partial charge in [0, 0.05) is 30.1 Å². The van der Waals surface area contributed by atoms with Crippen molar-refractivity contribution in [1.29, 1.82) is 0 Å². The van der Waals surface area contributed by atoms with E-state index in [4.69, 9.17) is 28.7 Å². The van der Waals surface area contributed by atoms with E-state index < -0.39 is 47.9 Å². The minimum absolute atomic E-state index is 0.107. The first kappa shape index (κ1) is 36.0. The quantitative estimate of drug-likeness (QED) is 0.0458. The van der Waals surface area contributed by atoms with Crippen molar-refractivity contribution in [2.75, 3.05) is 19.6 Å². The second kappa shape index (κ2) is 19.1. The Labute approximate surface area is 257 Å². The number of nitrogens with one attached hydrogen (secondary N) is 4. The van der Waals surface area contributed by atoms with Crippen LogP contribution in [0, 0.1) is 0 Å². The van der Waals surface area contributed by atoms with Crippen molar-refractivity contribution < 1.29 is 24.3 Å². The van der Waals surface area contributed by atoms with E-state index in [0.717, 1.165) is 16.5 Å². The highest BCUT2D eigenvalue weighted by atomic mass is 16.4. The summed E-state index contributed by atoms with van der Waals surface area (Å²) in [5.74, 6) is -3.14. The third kappa shape index (κ3) is 12.2. The number of rotatable bonds is 21. The van der Waals surface area contributed by atoms with Gasteiger partial charge >= 0.3 is 5.97 Å². The zero-order valence-electron chi connectivity index (χ0n) is 25.1. The molecule has 0 fully saturated rings. The number of hydrogen-bond donors (Lipinski definition) is 10. The molecule has 0 aliphatic rings. The second-order valence-electron chi connectivity index (χ2n) is 10.7. The molecule has 2 aromatic rings. The summed E-state index contributed by atoms with van der Waals surface area (Å²) in [4.78, 5) is 59.0. The number of benzene rings is 1. The number of carboxylic acids is 1. The number of aromatic nitrogens is 1. The van der Waals surface area contributed by atoms with Crippen LogP contribution in [-0.4, -0.2) is 83.5 Å². The van der Waals surface area contributed by atoms with E-state index in [9.17, 15) is 24.3 Å². The minimum Gasteiger partial charge on any atom is -0.480 e. The van der Waals surface area contributed by atoms with E-state index in [1.807, 2.05) is 24.3 Å². The molecule has 4 atom stereocenters. The lowest BCUT2D eigenvalue weighted by Crippen LogP contribution is -2.57. The number of carboxylic acid groups (broad SMARTS) is 1. The molecule has 3 amide bonds. The number of H-pyrrole nitrogens is 1. The number of fused-ring (bicyclic) bond motifs is 1. The highest BCUT2D eigenvalue weighted by Gasteiger charge is 2.30. The summed E-state index contributed by atoms with van der Waals surface area (Å²) >= 11 is 0. The zero-order chi connectivity index (χ0) is 32.5. The van der Waals surface area contributed by atoms with Crippen LogP contribution in [0.15, 0.2) is 35.5 Å². The average Bonchev–Trinajstić information content (AvgIpc) is 3.40. The molecule has 4 unspecified atom stereocenters. The molecule has 0 bridgehead atoms. The molecule has 15 N–H and O–H groups in total. The number of nitrogens with zero attached hydrogens (tertiary/aromatic N) is 1. The van der Waals surface area contributed by atoms with Gasteiger partial charge in [-0.25, -0.2) is 4.79 Å². The summed E-state index contributed by atoms with van der Waals surface area (Å²) in [6.07, 6.45) is 5.31. The lowest BCUT2D eigenvalue weighted by atomic mass is 10.0. The van der Waals surface area contributed by atoms with E-state index in [1.54, 1.807) is 6.20 Å². The number of unbranched alkanes of at least 4 members (excludes halogenated alkanes) is 2. The van der Waals surface area contributed by atoms with Gasteiger partial charge in [0.05, 0.1) is 6.04 Å². The Morgan fingerprint density at radius 2 is 1.39 bits per heavy atom. The number of guanidine groups is 1. The summed E-state index contributed by atoms with van der Waals surface area (Å²) in [5, 5.41) is 18.5. The molecule has 0 spiro atoms. The van der Waals surface area contributed by atoms with Crippen LogP contribution in [0.5, 0.6) is 0 Å². The van der Waals surface area contributed by atoms with Crippen LogP contribution in [-0.2, 0) is 25.6 Å². The van der Waals surface area contributed by atoms with Gasteiger partial charge < -0.3 is 54.7 Å². The van der Waals surface area contributed by atoms with Crippen LogP contribution in [0.3, 0.4) is 0 Å². The highest BCUT2D eigenvalue weighted by Crippen LogP contribution is 2.19. The Hall–Kier alpha value is -4.21. The summed E-state index contributed by atoms with van der Waals surface area (Å²) < 4.78 is 0. The lowest BCUT2D eigenvalue weighted by Gasteiger charge is -2.25. The van der Waals surface area contributed by atoms with Crippen molar-refractivity contribution >= 4 is 40.6 Å². The molecule has 44 heavy (non-hydrogen) atoms. The molecule has 15 heteroatoms. The third-order valence-electron chi connectivity index (χ3n) is 7.18. The number of carbonyl (C=O) groups is 4. The molecule has 1 heterocycles. The van der Waals surface area contributed by atoms with E-state index in [-0.39, 0.29) is 31.8 Å². The standard InChI is InChI=1S/C29H48N10O5/c30-13-5-3-9-20(32)25(40)39-24(16-18-17-36-21-10-2-1-8-19(18)21)27(42)37-22(12-7-15-35-29(33)34)26(41)38-23(28(43)44)11-4-6-14-31/h1-2,8,10,17,20,22-24,36H,3-7,9,11-16,30-32H2,(H,37,42)(H,38,41)(H,39,40)(H,43,44)(H4,33,34,35). The maximum atomic E-state index is 13.7. The summed E-state index contributed by atoms with van der Waals surface area (Å²) in [5.41, 5.74) is 29.6. The summed E-state index contributed by atoms with van der Waals surface area (Å²) in [6.45, 7) is 1.06. The number of para-hydroxylation sites is 1. The zero-order valence-corrected chi connectivity index (χ0v) is 25.1. The van der Waals surface area contributed by atoms with Crippen molar-refractivity contribution in [3.8, 4) is 0 Å². The molecular weight excluding hydrogens is 568 g/mol. The molecule has 1 aromatic heterocycles. The van der Waals surface area contributed by atoms with Gasteiger partial charge in [0.15, 0.2) is 5.96 Å². The number of aromatic amines is 1. The number of aliphatic imine (C=N–C) groups is 1. The first-order chi connectivity index (χ1) is 21.1. The number of amides is 3. The minimum atomic E-state index is -1.20. The van der Waals surface area contributed by atoms with Crippen molar-refractivity contribution in [2.45, 2.75) is 82.0 Å². The fourth-order valence-corrected chi connectivity index (χ4v) is 4.72. The molecule has 0 saturated heterocycles. The summed E-state index contributed by atoms with van der Waals surface area (Å²) in [6, 6.07) is 3.29. The maximum Gasteiger partial charge on any atom is 0.326 e. The predicted octanol–water partition coefficient (Wildman–Crippen LogP) is -1.11. The van der Waals surface area contributed by atoms with Gasteiger partial charge in [-0.15, -0.1) is 0 Å². The number of nitrogens with two attached hydrogens (primary N) is 5. The van der Waals surface area contributed by atoms with E-state index >= 15 is 0 Å². The number of aliphatic carboxylic acids is 1. The predicted molar refractivity (Wildman–Crippen MR) is 169 cm³/mol. The topological polar surface area (TPSA) is 283 Å². The van der Waals surface area contributed by atoms with Gasteiger partial charge in [-0.2, -0.15) is 0 Å². The van der Waals surface area contributed by atoms with Crippen LogP contribution in [0.1, 0.15) is 56.9 Å². The molecule has 15 nitrogen and oxygen atoms in total. The number of hydrogen-bond acceptors (Lipinski definition) is 8. The van der Waals surface area contributed by atoms with E-state index in [0.29, 0.717) is 51.6 Å². The van der Waals surface area contributed by atoms with Crippen LogP contribution in [0.2, 0.25) is 0 Å². The van der Waals surface area contributed by atoms with E-state index in [2.05, 4.69) is 25.9 Å². The Morgan fingerprint density at radius 1 is 0.795 bits per heavy atom. The fraction of sp³-hybridized carbons (Fsp3) is 0.552. The van der Waals surface area contributed by atoms with Crippen molar-refractivity contribution in [2.24, 2.45) is 33.7 Å². The largest absolute Gasteiger partial charge is 0.480 e. The Balaban J connectivity index is 2.29. The van der Waals surface area contributed by atoms with Crippen LogP contribution >= 0.6 is 0 Å². The highest BCUT2D eigenvalue weighted by molar-refractivity contribution is 5.95. The molecule has 0 aliphatic carbocycles. The first-order valence-electron chi connectivity index (χ1n) is 15.0.